The van der Waals surface area contributed by atoms with Gasteiger partial charge in [-0.1, -0.05) is 6.07 Å². The van der Waals surface area contributed by atoms with E-state index >= 15 is 0 Å². The Kier molecular flexibility index (Phi) is 10.0. The molecule has 0 spiro atoms. The van der Waals surface area contributed by atoms with Crippen LogP contribution in [-0.4, -0.2) is 85.2 Å². The zero-order valence-corrected chi connectivity index (χ0v) is 18.4. The van der Waals surface area contributed by atoms with Crippen molar-refractivity contribution >= 4 is 5.96 Å². The summed E-state index contributed by atoms with van der Waals surface area (Å²) in [4.78, 5) is 6.49. The Morgan fingerprint density at radius 1 is 1.24 bits per heavy atom. The molecule has 2 N–H and O–H groups in total. The van der Waals surface area contributed by atoms with Crippen LogP contribution in [-0.2, 0) is 9.47 Å². The van der Waals surface area contributed by atoms with Gasteiger partial charge >= 0.3 is 0 Å². The summed E-state index contributed by atoms with van der Waals surface area (Å²) >= 11 is 0. The number of methoxy groups -OCH3 is 2. The van der Waals surface area contributed by atoms with Gasteiger partial charge < -0.3 is 34.5 Å². The number of nitrogens with zero attached hydrogens (tertiary/aromatic N) is 2. The van der Waals surface area contributed by atoms with Gasteiger partial charge in [-0.2, -0.15) is 0 Å². The third kappa shape index (κ3) is 7.38. The summed E-state index contributed by atoms with van der Waals surface area (Å²) in [6, 6.07) is 6.17. The lowest BCUT2D eigenvalue weighted by Gasteiger charge is -2.26. The first-order chi connectivity index (χ1) is 14.1. The predicted molar refractivity (Wildman–Crippen MR) is 115 cm³/mol. The van der Waals surface area contributed by atoms with Crippen molar-refractivity contribution in [3.05, 3.63) is 23.8 Å². The maximum absolute atomic E-state index is 5.79. The smallest absolute Gasteiger partial charge is 0.191 e. The average Bonchev–Trinajstić information content (AvgIpc) is 3.25. The van der Waals surface area contributed by atoms with Crippen molar-refractivity contribution in [3.8, 4) is 11.5 Å². The molecule has 2 unspecified atom stereocenters. The van der Waals surface area contributed by atoms with Crippen molar-refractivity contribution in [2.75, 3.05) is 68.3 Å². The highest BCUT2D eigenvalue weighted by atomic mass is 16.5. The van der Waals surface area contributed by atoms with Crippen LogP contribution in [0.15, 0.2) is 23.2 Å². The van der Waals surface area contributed by atoms with Crippen LogP contribution in [0.25, 0.3) is 0 Å². The average molecular weight is 409 g/mol. The number of benzene rings is 1. The Labute approximate surface area is 174 Å². The standard InChI is InChI=1S/C21H36N4O4/c1-22-21(23-10-6-11-29-17-9-12-28-15-17)24-14-18(25(2)3)16-7-8-19(26-4)20(13-16)27-5/h7-8,13,17-18H,6,9-12,14-15H2,1-5H3,(H2,22,23,24). The normalized spacial score (nSPS) is 18.0. The molecule has 1 heterocycles. The number of likely N-dealkylation sites (N-methyl/N-ethyl adjacent to an activating group) is 1. The summed E-state index contributed by atoms with van der Waals surface area (Å²) < 4.78 is 21.9. The minimum Gasteiger partial charge on any atom is -0.493 e. The lowest BCUT2D eigenvalue weighted by Crippen LogP contribution is -2.42. The monoisotopic (exact) mass is 408 g/mol. The Morgan fingerprint density at radius 2 is 2.03 bits per heavy atom. The van der Waals surface area contributed by atoms with E-state index in [1.54, 1.807) is 21.3 Å². The summed E-state index contributed by atoms with van der Waals surface area (Å²) in [6.45, 7) is 3.77. The molecular weight excluding hydrogens is 372 g/mol. The van der Waals surface area contributed by atoms with E-state index < -0.39 is 0 Å². The third-order valence-corrected chi connectivity index (χ3v) is 4.96. The first-order valence-electron chi connectivity index (χ1n) is 10.1. The molecule has 8 heteroatoms. The highest BCUT2D eigenvalue weighted by molar-refractivity contribution is 5.79. The number of guanidine groups is 1. The van der Waals surface area contributed by atoms with Gasteiger partial charge in [0.1, 0.15) is 0 Å². The largest absolute Gasteiger partial charge is 0.493 e. The molecule has 8 nitrogen and oxygen atoms in total. The van der Waals surface area contributed by atoms with Crippen molar-refractivity contribution in [1.29, 1.82) is 0 Å². The molecular formula is C21H36N4O4. The fourth-order valence-corrected chi connectivity index (χ4v) is 3.25. The van der Waals surface area contributed by atoms with Crippen LogP contribution in [0.1, 0.15) is 24.4 Å². The molecule has 1 saturated heterocycles. The molecule has 1 aromatic rings. The maximum atomic E-state index is 5.79. The molecule has 1 fully saturated rings. The van der Waals surface area contributed by atoms with Crippen molar-refractivity contribution in [1.82, 2.24) is 15.5 Å². The molecule has 1 aromatic carbocycles. The molecule has 164 valence electrons. The molecule has 2 rings (SSSR count). The third-order valence-electron chi connectivity index (χ3n) is 4.96. The first kappa shape index (κ1) is 23.3. The number of nitrogens with one attached hydrogen (secondary N) is 2. The second-order valence-electron chi connectivity index (χ2n) is 7.18. The number of hydrogen-bond donors (Lipinski definition) is 2. The molecule has 0 aromatic heterocycles. The van der Waals surface area contributed by atoms with Crippen molar-refractivity contribution in [2.24, 2.45) is 4.99 Å². The minimum atomic E-state index is 0.152. The number of ether oxygens (including phenoxy) is 4. The molecule has 0 radical (unpaired) electrons. The van der Waals surface area contributed by atoms with E-state index in [1.165, 1.54) is 0 Å². The lowest BCUT2D eigenvalue weighted by atomic mass is 10.1. The van der Waals surface area contributed by atoms with Crippen LogP contribution >= 0.6 is 0 Å². The van der Waals surface area contributed by atoms with E-state index in [0.717, 1.165) is 62.2 Å². The van der Waals surface area contributed by atoms with Crippen molar-refractivity contribution in [2.45, 2.75) is 25.0 Å². The van der Waals surface area contributed by atoms with Crippen LogP contribution in [0.3, 0.4) is 0 Å². The second-order valence-corrected chi connectivity index (χ2v) is 7.18. The zero-order chi connectivity index (χ0) is 21.1. The summed E-state index contributed by atoms with van der Waals surface area (Å²) in [5.41, 5.74) is 1.14. The summed E-state index contributed by atoms with van der Waals surface area (Å²) in [5, 5.41) is 6.76. The Bertz CT molecular complexity index is 633. The lowest BCUT2D eigenvalue weighted by molar-refractivity contribution is 0.0420. The van der Waals surface area contributed by atoms with Gasteiger partial charge in [0.25, 0.3) is 0 Å². The van der Waals surface area contributed by atoms with Gasteiger partial charge in [-0.15, -0.1) is 0 Å². The van der Waals surface area contributed by atoms with E-state index in [0.29, 0.717) is 6.54 Å². The van der Waals surface area contributed by atoms with Gasteiger partial charge in [0, 0.05) is 33.4 Å². The van der Waals surface area contributed by atoms with Crippen molar-refractivity contribution < 1.29 is 18.9 Å². The van der Waals surface area contributed by atoms with Crippen molar-refractivity contribution in [3.63, 3.8) is 0 Å². The SMILES string of the molecule is CN=C(NCCCOC1CCOC1)NCC(c1ccc(OC)c(OC)c1)N(C)C. The predicted octanol–water partition coefficient (Wildman–Crippen LogP) is 1.67. The van der Waals surface area contributed by atoms with Gasteiger partial charge in [-0.25, -0.2) is 0 Å². The molecule has 2 atom stereocenters. The summed E-state index contributed by atoms with van der Waals surface area (Å²) in [7, 11) is 9.19. The van der Waals surface area contributed by atoms with Crippen LogP contribution < -0.4 is 20.1 Å². The molecule has 1 aliphatic rings. The first-order valence-corrected chi connectivity index (χ1v) is 10.1. The molecule has 0 amide bonds. The Balaban J connectivity index is 1.81. The second kappa shape index (κ2) is 12.5. The maximum Gasteiger partial charge on any atom is 0.191 e. The number of hydrogen-bond acceptors (Lipinski definition) is 6. The van der Waals surface area contributed by atoms with Gasteiger partial charge in [-0.3, -0.25) is 4.99 Å². The van der Waals surface area contributed by atoms with Gasteiger partial charge in [0.15, 0.2) is 17.5 Å². The van der Waals surface area contributed by atoms with Crippen LogP contribution in [0.2, 0.25) is 0 Å². The zero-order valence-electron chi connectivity index (χ0n) is 18.4. The van der Waals surface area contributed by atoms with E-state index in [1.807, 2.05) is 12.1 Å². The molecule has 0 aliphatic carbocycles. The molecule has 1 aliphatic heterocycles. The van der Waals surface area contributed by atoms with E-state index in [-0.39, 0.29) is 12.1 Å². The van der Waals surface area contributed by atoms with Gasteiger partial charge in [0.05, 0.1) is 33.0 Å². The highest BCUT2D eigenvalue weighted by Gasteiger charge is 2.17. The quantitative estimate of drug-likeness (QED) is 0.328. The number of rotatable bonds is 11. The molecule has 29 heavy (non-hydrogen) atoms. The fraction of sp³-hybridized carbons (Fsp3) is 0.667. The minimum absolute atomic E-state index is 0.152. The Morgan fingerprint density at radius 3 is 2.66 bits per heavy atom. The van der Waals surface area contributed by atoms with E-state index in [4.69, 9.17) is 18.9 Å². The number of aliphatic imine (C=N–C) groups is 1. The molecule has 0 bridgehead atoms. The molecule has 0 saturated carbocycles. The van der Waals surface area contributed by atoms with E-state index in [9.17, 15) is 0 Å². The van der Waals surface area contributed by atoms with Crippen LogP contribution in [0.5, 0.6) is 11.5 Å². The van der Waals surface area contributed by atoms with Gasteiger partial charge in [-0.05, 0) is 44.6 Å². The fourth-order valence-electron chi connectivity index (χ4n) is 3.25. The van der Waals surface area contributed by atoms with Crippen LogP contribution in [0.4, 0.5) is 0 Å². The van der Waals surface area contributed by atoms with Gasteiger partial charge in [0.2, 0.25) is 0 Å². The van der Waals surface area contributed by atoms with E-state index in [2.05, 4.69) is 40.7 Å². The Hall–Kier alpha value is -2.03. The summed E-state index contributed by atoms with van der Waals surface area (Å²) in [6.07, 6.45) is 2.18. The topological polar surface area (TPSA) is 76.6 Å². The summed E-state index contributed by atoms with van der Waals surface area (Å²) in [5.74, 6) is 2.24. The highest BCUT2D eigenvalue weighted by Crippen LogP contribution is 2.31. The van der Waals surface area contributed by atoms with Crippen LogP contribution in [0, 0.1) is 0 Å².